The fraction of sp³-hybridized carbons (Fsp3) is 0.160. The van der Waals surface area contributed by atoms with E-state index in [1.807, 2.05) is 48.5 Å². The summed E-state index contributed by atoms with van der Waals surface area (Å²) in [5, 5.41) is 15.0. The van der Waals surface area contributed by atoms with Crippen LogP contribution in [0.4, 0.5) is 0 Å². The molecule has 2 aromatic carbocycles. The second kappa shape index (κ2) is 8.66. The zero-order valence-electron chi connectivity index (χ0n) is 17.6. The lowest BCUT2D eigenvalue weighted by molar-refractivity contribution is -0.141. The molecule has 4 aromatic rings. The van der Waals surface area contributed by atoms with Crippen molar-refractivity contribution < 1.29 is 19.1 Å². The number of carbonyl (C=O) groups is 2. The summed E-state index contributed by atoms with van der Waals surface area (Å²) in [5.41, 5.74) is 6.04. The van der Waals surface area contributed by atoms with Gasteiger partial charge in [-0.3, -0.25) is 19.6 Å². The number of fused-ring (bicyclic) bond motifs is 1. The Morgan fingerprint density at radius 1 is 0.939 bits per heavy atom. The number of carboxylic acids is 1. The highest BCUT2D eigenvalue weighted by Crippen LogP contribution is 2.34. The Kier molecular flexibility index (Phi) is 5.40. The number of aliphatic carboxylic acids is 1. The van der Waals surface area contributed by atoms with E-state index in [0.29, 0.717) is 6.42 Å². The molecule has 8 nitrogen and oxygen atoms in total. The van der Waals surface area contributed by atoms with Crippen LogP contribution in [0.5, 0.6) is 0 Å². The zero-order chi connectivity index (χ0) is 22.8. The summed E-state index contributed by atoms with van der Waals surface area (Å²) in [6, 6.07) is 15.1. The van der Waals surface area contributed by atoms with Crippen LogP contribution in [0.25, 0.3) is 22.2 Å². The predicted molar refractivity (Wildman–Crippen MR) is 121 cm³/mol. The highest BCUT2D eigenvalue weighted by atomic mass is 16.4. The maximum atomic E-state index is 12.9. The molecule has 164 valence electrons. The molecule has 1 aliphatic rings. The summed E-state index contributed by atoms with van der Waals surface area (Å²) >= 11 is 0. The van der Waals surface area contributed by atoms with Gasteiger partial charge in [0, 0.05) is 30.8 Å². The number of hydrazone groups is 1. The van der Waals surface area contributed by atoms with Crippen molar-refractivity contribution >= 4 is 28.6 Å². The van der Waals surface area contributed by atoms with Crippen LogP contribution in [-0.4, -0.2) is 37.7 Å². The van der Waals surface area contributed by atoms with Crippen LogP contribution in [0.1, 0.15) is 36.4 Å². The molecule has 0 saturated heterocycles. The molecule has 3 heterocycles. The topological polar surface area (TPSA) is 109 Å². The van der Waals surface area contributed by atoms with Gasteiger partial charge in [0.1, 0.15) is 0 Å². The van der Waals surface area contributed by atoms with E-state index in [9.17, 15) is 9.59 Å². The Morgan fingerprint density at radius 3 is 2.42 bits per heavy atom. The Balaban J connectivity index is 1.46. The minimum atomic E-state index is -1.01. The number of hydrogen-bond donors (Lipinski definition) is 1. The van der Waals surface area contributed by atoms with Gasteiger partial charge in [-0.2, -0.15) is 5.10 Å². The van der Waals surface area contributed by atoms with E-state index in [-0.39, 0.29) is 24.8 Å². The summed E-state index contributed by atoms with van der Waals surface area (Å²) in [6.45, 7) is 0. The second-order valence-corrected chi connectivity index (χ2v) is 7.79. The molecular formula is C25H20N4O4. The van der Waals surface area contributed by atoms with Gasteiger partial charge in [0.2, 0.25) is 5.91 Å². The van der Waals surface area contributed by atoms with Crippen molar-refractivity contribution in [2.45, 2.75) is 25.3 Å². The van der Waals surface area contributed by atoms with Crippen LogP contribution < -0.4 is 0 Å². The van der Waals surface area contributed by atoms with E-state index in [2.05, 4.69) is 15.1 Å². The maximum absolute atomic E-state index is 12.9. The first-order valence-corrected chi connectivity index (χ1v) is 10.5. The Hall–Kier alpha value is -4.33. The summed E-state index contributed by atoms with van der Waals surface area (Å²) in [5.74, 6) is -1.34. The number of aromatic nitrogens is 2. The monoisotopic (exact) mass is 440 g/mol. The van der Waals surface area contributed by atoms with E-state index in [1.165, 1.54) is 5.01 Å². The van der Waals surface area contributed by atoms with Gasteiger partial charge in [-0.25, -0.2) is 5.01 Å². The molecule has 0 aliphatic carbocycles. The molecule has 1 aliphatic heterocycles. The van der Waals surface area contributed by atoms with Crippen LogP contribution in [0.2, 0.25) is 0 Å². The standard InChI is InChI=1S/C25H20N4O4/c30-24(7-8-25(31)32)29-23(18-5-6-20-22(13-18)27-11-10-26-20)14-21(28-29)17-3-1-16(2-4-17)19-9-12-33-15-19/h1-6,9-13,15,23H,7-8,14H2,(H,31,32). The van der Waals surface area contributed by atoms with E-state index < -0.39 is 5.97 Å². The molecule has 33 heavy (non-hydrogen) atoms. The third-order valence-electron chi connectivity index (χ3n) is 5.67. The van der Waals surface area contributed by atoms with E-state index >= 15 is 0 Å². The van der Waals surface area contributed by atoms with Crippen molar-refractivity contribution in [2.75, 3.05) is 0 Å². The SMILES string of the molecule is O=C(O)CCC(=O)N1N=C(c2ccc(-c3ccoc3)cc2)CC1c1ccc2nccnc2c1. The number of carboxylic acid groups (broad SMARTS) is 1. The quantitative estimate of drug-likeness (QED) is 0.475. The fourth-order valence-corrected chi connectivity index (χ4v) is 3.97. The van der Waals surface area contributed by atoms with Gasteiger partial charge in [0.15, 0.2) is 0 Å². The van der Waals surface area contributed by atoms with Crippen molar-refractivity contribution in [3.05, 3.63) is 84.6 Å². The smallest absolute Gasteiger partial charge is 0.303 e. The molecule has 0 bridgehead atoms. The van der Waals surface area contributed by atoms with Crippen molar-refractivity contribution in [1.29, 1.82) is 0 Å². The van der Waals surface area contributed by atoms with Crippen LogP contribution in [0, 0.1) is 0 Å². The molecule has 0 spiro atoms. The van der Waals surface area contributed by atoms with Gasteiger partial charge < -0.3 is 9.52 Å². The number of carbonyl (C=O) groups excluding carboxylic acids is 1. The molecule has 1 atom stereocenters. The molecule has 1 unspecified atom stereocenters. The van der Waals surface area contributed by atoms with Gasteiger partial charge in [-0.15, -0.1) is 0 Å². The summed E-state index contributed by atoms with van der Waals surface area (Å²) in [4.78, 5) is 32.6. The molecule has 1 N–H and O–H groups in total. The first kappa shape index (κ1) is 20.6. The maximum Gasteiger partial charge on any atom is 0.303 e. The largest absolute Gasteiger partial charge is 0.481 e. The lowest BCUT2D eigenvalue weighted by Gasteiger charge is -2.22. The number of nitrogens with zero attached hydrogens (tertiary/aromatic N) is 4. The molecule has 0 radical (unpaired) electrons. The first-order chi connectivity index (χ1) is 16.1. The molecule has 5 rings (SSSR count). The van der Waals surface area contributed by atoms with Gasteiger partial charge in [-0.05, 0) is 34.9 Å². The predicted octanol–water partition coefficient (Wildman–Crippen LogP) is 4.43. The van der Waals surface area contributed by atoms with Gasteiger partial charge in [0.25, 0.3) is 0 Å². The van der Waals surface area contributed by atoms with E-state index in [0.717, 1.165) is 39.0 Å². The number of hydrogen-bond acceptors (Lipinski definition) is 6. The van der Waals surface area contributed by atoms with Gasteiger partial charge in [0.05, 0.1) is 41.7 Å². The number of rotatable bonds is 6. The minimum Gasteiger partial charge on any atom is -0.481 e. The zero-order valence-corrected chi connectivity index (χ0v) is 17.6. The third kappa shape index (κ3) is 4.23. The molecule has 0 saturated carbocycles. The minimum absolute atomic E-state index is 0.116. The van der Waals surface area contributed by atoms with Crippen LogP contribution in [-0.2, 0) is 9.59 Å². The van der Waals surface area contributed by atoms with E-state index in [4.69, 9.17) is 9.52 Å². The third-order valence-corrected chi connectivity index (χ3v) is 5.67. The summed E-state index contributed by atoms with van der Waals surface area (Å²) in [7, 11) is 0. The summed E-state index contributed by atoms with van der Waals surface area (Å²) < 4.78 is 5.15. The molecular weight excluding hydrogens is 420 g/mol. The Morgan fingerprint density at radius 2 is 1.70 bits per heavy atom. The number of benzene rings is 2. The number of amides is 1. The fourth-order valence-electron chi connectivity index (χ4n) is 3.97. The molecule has 2 aromatic heterocycles. The average molecular weight is 440 g/mol. The van der Waals surface area contributed by atoms with E-state index in [1.54, 1.807) is 24.9 Å². The Labute approximate surface area is 189 Å². The summed E-state index contributed by atoms with van der Waals surface area (Å²) in [6.07, 6.45) is 6.72. The number of furan rings is 1. The second-order valence-electron chi connectivity index (χ2n) is 7.79. The van der Waals surface area contributed by atoms with Crippen molar-refractivity contribution in [3.63, 3.8) is 0 Å². The van der Waals surface area contributed by atoms with Crippen molar-refractivity contribution in [2.24, 2.45) is 5.10 Å². The normalized spacial score (nSPS) is 15.6. The molecule has 1 amide bonds. The van der Waals surface area contributed by atoms with Gasteiger partial charge in [-0.1, -0.05) is 30.3 Å². The van der Waals surface area contributed by atoms with Crippen molar-refractivity contribution in [3.8, 4) is 11.1 Å². The van der Waals surface area contributed by atoms with Crippen LogP contribution in [0.3, 0.4) is 0 Å². The lowest BCUT2D eigenvalue weighted by Crippen LogP contribution is -2.27. The average Bonchev–Trinajstić information content (AvgIpc) is 3.53. The Bertz CT molecular complexity index is 1350. The highest BCUT2D eigenvalue weighted by Gasteiger charge is 2.33. The van der Waals surface area contributed by atoms with Gasteiger partial charge >= 0.3 is 5.97 Å². The van der Waals surface area contributed by atoms with Crippen LogP contribution in [0.15, 0.2) is 83.0 Å². The molecule has 8 heteroatoms. The highest BCUT2D eigenvalue weighted by molar-refractivity contribution is 6.03. The van der Waals surface area contributed by atoms with Crippen LogP contribution >= 0.6 is 0 Å². The van der Waals surface area contributed by atoms with Crippen molar-refractivity contribution in [1.82, 2.24) is 15.0 Å². The molecule has 0 fully saturated rings. The lowest BCUT2D eigenvalue weighted by atomic mass is 9.96. The first-order valence-electron chi connectivity index (χ1n) is 10.5.